The van der Waals surface area contributed by atoms with E-state index in [9.17, 15) is 0 Å². The van der Waals surface area contributed by atoms with E-state index in [1.54, 1.807) is 0 Å². The maximum absolute atomic E-state index is 5.28. The van der Waals surface area contributed by atoms with Crippen molar-refractivity contribution in [2.45, 2.75) is 0 Å². The highest BCUT2D eigenvalue weighted by Crippen LogP contribution is 2.15. The molecule has 2 nitrogen and oxygen atoms in total. The van der Waals surface area contributed by atoms with Crippen LogP contribution in [0.25, 0.3) is 0 Å². The van der Waals surface area contributed by atoms with Gasteiger partial charge in [0.1, 0.15) is 12.5 Å². The first kappa shape index (κ1) is 8.56. The summed E-state index contributed by atoms with van der Waals surface area (Å²) in [7, 11) is 1.85. The molecule has 0 radical (unpaired) electrons. The molecule has 1 N–H and O–H groups in total. The topological polar surface area (TPSA) is 21.3 Å². The van der Waals surface area contributed by atoms with Gasteiger partial charge in [0, 0.05) is 4.47 Å². The third-order valence-corrected chi connectivity index (χ3v) is 1.73. The Labute approximate surface area is 74.7 Å². The summed E-state index contributed by atoms with van der Waals surface area (Å²) >= 11 is 3.34. The molecule has 1 rings (SSSR count). The highest BCUT2D eigenvalue weighted by atomic mass is 79.9. The maximum atomic E-state index is 5.28. The Kier molecular flexibility index (Phi) is 3.39. The summed E-state index contributed by atoms with van der Waals surface area (Å²) in [6.45, 7) is 0.543. The number of hydrogen-bond acceptors (Lipinski definition) is 2. The van der Waals surface area contributed by atoms with Crippen LogP contribution in [0, 0.1) is 0 Å². The van der Waals surface area contributed by atoms with Crippen LogP contribution in [0.15, 0.2) is 28.7 Å². The molecule has 0 aliphatic rings. The number of nitrogens with one attached hydrogen (secondary N) is 1. The fraction of sp³-hybridized carbons (Fsp3) is 0.250. The van der Waals surface area contributed by atoms with Crippen molar-refractivity contribution in [2.24, 2.45) is 0 Å². The molecule has 11 heavy (non-hydrogen) atoms. The van der Waals surface area contributed by atoms with E-state index in [2.05, 4.69) is 21.2 Å². The first-order valence-corrected chi connectivity index (χ1v) is 4.15. The summed E-state index contributed by atoms with van der Waals surface area (Å²) in [4.78, 5) is 0. The van der Waals surface area contributed by atoms with Crippen LogP contribution >= 0.6 is 15.9 Å². The minimum absolute atomic E-state index is 0.543. The standard InChI is InChI=1S/C8H10BrNO/c1-10-6-11-8-4-2-7(9)3-5-8/h2-5,10H,6H2,1H3. The Balaban J connectivity index is 2.52. The molecule has 1 aromatic rings. The van der Waals surface area contributed by atoms with E-state index in [0.29, 0.717) is 6.73 Å². The van der Waals surface area contributed by atoms with Crippen LogP contribution in [0.2, 0.25) is 0 Å². The van der Waals surface area contributed by atoms with Crippen LogP contribution in [-0.2, 0) is 0 Å². The van der Waals surface area contributed by atoms with Gasteiger partial charge in [0.2, 0.25) is 0 Å². The quantitative estimate of drug-likeness (QED) is 0.780. The van der Waals surface area contributed by atoms with E-state index in [-0.39, 0.29) is 0 Å². The van der Waals surface area contributed by atoms with Crippen LogP contribution in [0.4, 0.5) is 0 Å². The molecule has 1 aromatic carbocycles. The van der Waals surface area contributed by atoms with Gasteiger partial charge in [-0.25, -0.2) is 0 Å². The van der Waals surface area contributed by atoms with E-state index < -0.39 is 0 Å². The number of rotatable bonds is 3. The summed E-state index contributed by atoms with van der Waals surface area (Å²) in [5.41, 5.74) is 0. The molecule has 0 aromatic heterocycles. The van der Waals surface area contributed by atoms with Gasteiger partial charge in [-0.05, 0) is 31.3 Å². The van der Waals surface area contributed by atoms with Crippen LogP contribution in [-0.4, -0.2) is 13.8 Å². The zero-order valence-corrected chi connectivity index (χ0v) is 7.89. The molecule has 0 unspecified atom stereocenters. The third-order valence-electron chi connectivity index (χ3n) is 1.20. The predicted molar refractivity (Wildman–Crippen MR) is 48.7 cm³/mol. The van der Waals surface area contributed by atoms with Crippen molar-refractivity contribution in [1.82, 2.24) is 5.32 Å². The molecule has 0 bridgehead atoms. The molecule has 0 aliphatic heterocycles. The molecule has 0 saturated heterocycles. The van der Waals surface area contributed by atoms with Crippen molar-refractivity contribution in [3.05, 3.63) is 28.7 Å². The fourth-order valence-corrected chi connectivity index (χ4v) is 0.951. The molecule has 0 heterocycles. The smallest absolute Gasteiger partial charge is 0.139 e. The van der Waals surface area contributed by atoms with Crippen molar-refractivity contribution in [1.29, 1.82) is 0 Å². The number of ether oxygens (including phenoxy) is 1. The second-order valence-corrected chi connectivity index (χ2v) is 3.01. The molecule has 0 amide bonds. The summed E-state index contributed by atoms with van der Waals surface area (Å²) in [5, 5.41) is 2.90. The first-order chi connectivity index (χ1) is 5.33. The average Bonchev–Trinajstić information content (AvgIpc) is 2.04. The highest BCUT2D eigenvalue weighted by molar-refractivity contribution is 9.10. The maximum Gasteiger partial charge on any atom is 0.139 e. The second kappa shape index (κ2) is 4.36. The molecule has 0 spiro atoms. The van der Waals surface area contributed by atoms with Crippen LogP contribution in [0.3, 0.4) is 0 Å². The van der Waals surface area contributed by atoms with Crippen molar-refractivity contribution in [3.63, 3.8) is 0 Å². The Morgan fingerprint density at radius 1 is 1.36 bits per heavy atom. The van der Waals surface area contributed by atoms with Gasteiger partial charge in [0.15, 0.2) is 0 Å². The van der Waals surface area contributed by atoms with Gasteiger partial charge in [0.25, 0.3) is 0 Å². The van der Waals surface area contributed by atoms with Crippen molar-refractivity contribution < 1.29 is 4.74 Å². The van der Waals surface area contributed by atoms with E-state index in [4.69, 9.17) is 4.74 Å². The van der Waals surface area contributed by atoms with Crippen molar-refractivity contribution in [2.75, 3.05) is 13.8 Å². The monoisotopic (exact) mass is 215 g/mol. The lowest BCUT2D eigenvalue weighted by atomic mass is 10.3. The zero-order chi connectivity index (χ0) is 8.10. The van der Waals surface area contributed by atoms with E-state index >= 15 is 0 Å². The lowest BCUT2D eigenvalue weighted by Gasteiger charge is -2.03. The largest absolute Gasteiger partial charge is 0.478 e. The molecule has 0 atom stereocenters. The first-order valence-electron chi connectivity index (χ1n) is 3.36. The molecule has 0 fully saturated rings. The lowest BCUT2D eigenvalue weighted by molar-refractivity contribution is 0.296. The van der Waals surface area contributed by atoms with Crippen molar-refractivity contribution in [3.8, 4) is 5.75 Å². The summed E-state index contributed by atoms with van der Waals surface area (Å²) in [6, 6.07) is 7.73. The second-order valence-electron chi connectivity index (χ2n) is 2.10. The number of benzene rings is 1. The van der Waals surface area contributed by atoms with Gasteiger partial charge >= 0.3 is 0 Å². The SMILES string of the molecule is CNCOc1ccc(Br)cc1. The normalized spacial score (nSPS) is 9.64. The third kappa shape index (κ3) is 2.91. The Morgan fingerprint density at radius 2 is 2.00 bits per heavy atom. The van der Waals surface area contributed by atoms with E-state index in [1.165, 1.54) is 0 Å². The Hall–Kier alpha value is -0.540. The number of halogens is 1. The number of hydrogen-bond donors (Lipinski definition) is 1. The molecular weight excluding hydrogens is 206 g/mol. The van der Waals surface area contributed by atoms with Crippen LogP contribution in [0.1, 0.15) is 0 Å². The predicted octanol–water partition coefficient (Wildman–Crippen LogP) is 2.00. The molecule has 60 valence electrons. The molecular formula is C8H10BrNO. The van der Waals surface area contributed by atoms with Gasteiger partial charge in [0.05, 0.1) is 0 Å². The Bertz CT molecular complexity index is 210. The van der Waals surface area contributed by atoms with E-state index in [0.717, 1.165) is 10.2 Å². The van der Waals surface area contributed by atoms with Gasteiger partial charge in [-0.1, -0.05) is 15.9 Å². The van der Waals surface area contributed by atoms with E-state index in [1.807, 2.05) is 31.3 Å². The van der Waals surface area contributed by atoms with Crippen LogP contribution in [0.5, 0.6) is 5.75 Å². The minimum atomic E-state index is 0.543. The van der Waals surface area contributed by atoms with Crippen molar-refractivity contribution >= 4 is 15.9 Å². The summed E-state index contributed by atoms with van der Waals surface area (Å²) in [5.74, 6) is 0.877. The molecule has 0 saturated carbocycles. The van der Waals surface area contributed by atoms with Gasteiger partial charge in [-0.3, -0.25) is 5.32 Å². The highest BCUT2D eigenvalue weighted by Gasteiger charge is 1.90. The summed E-state index contributed by atoms with van der Waals surface area (Å²) in [6.07, 6.45) is 0. The van der Waals surface area contributed by atoms with Gasteiger partial charge in [-0.2, -0.15) is 0 Å². The van der Waals surface area contributed by atoms with Crippen LogP contribution < -0.4 is 10.1 Å². The molecule has 0 aliphatic carbocycles. The minimum Gasteiger partial charge on any atom is -0.478 e. The summed E-state index contributed by atoms with van der Waals surface area (Å²) < 4.78 is 6.34. The Morgan fingerprint density at radius 3 is 2.55 bits per heavy atom. The lowest BCUT2D eigenvalue weighted by Crippen LogP contribution is -2.13. The average molecular weight is 216 g/mol. The van der Waals surface area contributed by atoms with Gasteiger partial charge < -0.3 is 4.74 Å². The fourth-order valence-electron chi connectivity index (χ4n) is 0.686. The molecule has 3 heteroatoms. The zero-order valence-electron chi connectivity index (χ0n) is 6.30. The van der Waals surface area contributed by atoms with Gasteiger partial charge in [-0.15, -0.1) is 0 Å².